The van der Waals surface area contributed by atoms with Gasteiger partial charge in [0, 0.05) is 24.1 Å². The van der Waals surface area contributed by atoms with Gasteiger partial charge in [-0.1, -0.05) is 35.5 Å². The number of rotatable bonds is 9. The number of hydrogen-bond acceptors (Lipinski definition) is 7. The largest absolute Gasteiger partial charge is 0.457 e. The molecule has 0 aliphatic rings. The molecule has 0 radical (unpaired) electrons. The molecule has 0 bridgehead atoms. The highest BCUT2D eigenvalue weighted by atomic mass is 35.5. The Morgan fingerprint density at radius 2 is 1.61 bits per heavy atom. The van der Waals surface area contributed by atoms with E-state index in [0.717, 1.165) is 11.1 Å². The van der Waals surface area contributed by atoms with E-state index in [-0.39, 0.29) is 0 Å². The summed E-state index contributed by atoms with van der Waals surface area (Å²) in [5, 5.41) is 12.6. The molecule has 0 heterocycles. The van der Waals surface area contributed by atoms with Gasteiger partial charge in [-0.15, -0.1) is 11.6 Å². The van der Waals surface area contributed by atoms with Crippen LogP contribution in [-0.4, -0.2) is 45.0 Å². The smallest absolute Gasteiger partial charge is 0.413 e. The highest BCUT2D eigenvalue weighted by Crippen LogP contribution is 2.23. The van der Waals surface area contributed by atoms with Crippen molar-refractivity contribution in [1.29, 1.82) is 0 Å². The molecule has 9 heteroatoms. The lowest BCUT2D eigenvalue weighted by molar-refractivity contribution is 0.180. The zero-order valence-electron chi connectivity index (χ0n) is 20.5. The molecule has 3 rings (SSSR count). The molecule has 0 fully saturated rings. The van der Waals surface area contributed by atoms with Gasteiger partial charge in [-0.3, -0.25) is 4.90 Å². The fraction of sp³-hybridized carbons (Fsp3) is 0.185. The topological polar surface area (TPSA) is 85.1 Å². The van der Waals surface area contributed by atoms with E-state index in [1.807, 2.05) is 66.7 Å². The monoisotopic (exact) mass is 506 g/mol. The van der Waals surface area contributed by atoms with Crippen LogP contribution in [0, 0.1) is 0 Å². The number of ether oxygens (including phenoxy) is 2. The summed E-state index contributed by atoms with van der Waals surface area (Å²) in [5.74, 6) is 1.85. The Bertz CT molecular complexity index is 1260. The Labute approximate surface area is 215 Å². The second-order valence-corrected chi connectivity index (χ2v) is 7.81. The van der Waals surface area contributed by atoms with Crippen molar-refractivity contribution in [2.24, 2.45) is 15.4 Å². The SMILES string of the molecule is CON=C(C(C)=NN=Cc1ccccc1N(C)C(=O)OC)c1ccc(Oc2ccc(CCl)cc2)cc1. The number of benzene rings is 3. The third kappa shape index (κ3) is 6.93. The third-order valence-electron chi connectivity index (χ3n) is 5.12. The van der Waals surface area contributed by atoms with Crippen molar-refractivity contribution in [2.45, 2.75) is 12.8 Å². The van der Waals surface area contributed by atoms with Crippen LogP contribution in [0.1, 0.15) is 23.6 Å². The van der Waals surface area contributed by atoms with Crippen LogP contribution in [0.5, 0.6) is 11.5 Å². The number of oxime groups is 1. The van der Waals surface area contributed by atoms with Crippen LogP contribution in [0.2, 0.25) is 0 Å². The molecule has 0 aromatic heterocycles. The summed E-state index contributed by atoms with van der Waals surface area (Å²) >= 11 is 5.84. The maximum absolute atomic E-state index is 11.9. The van der Waals surface area contributed by atoms with Gasteiger partial charge in [0.15, 0.2) is 0 Å². The Morgan fingerprint density at radius 1 is 0.972 bits per heavy atom. The Morgan fingerprint density at radius 3 is 2.22 bits per heavy atom. The minimum Gasteiger partial charge on any atom is -0.457 e. The number of hydrogen-bond donors (Lipinski definition) is 0. The summed E-state index contributed by atoms with van der Waals surface area (Å²) in [6, 6.07) is 22.3. The van der Waals surface area contributed by atoms with Crippen LogP contribution < -0.4 is 9.64 Å². The lowest BCUT2D eigenvalue weighted by Gasteiger charge is -2.17. The van der Waals surface area contributed by atoms with E-state index in [4.69, 9.17) is 25.9 Å². The molecule has 0 aliphatic carbocycles. The van der Waals surface area contributed by atoms with Gasteiger partial charge in [0.1, 0.15) is 24.3 Å². The predicted octanol–water partition coefficient (Wildman–Crippen LogP) is 6.27. The number of para-hydroxylation sites is 1. The van der Waals surface area contributed by atoms with Crippen LogP contribution in [0.15, 0.2) is 88.2 Å². The van der Waals surface area contributed by atoms with Crippen LogP contribution >= 0.6 is 11.6 Å². The fourth-order valence-corrected chi connectivity index (χ4v) is 3.42. The highest BCUT2D eigenvalue weighted by molar-refractivity contribution is 6.47. The van der Waals surface area contributed by atoms with Crippen molar-refractivity contribution in [3.8, 4) is 11.5 Å². The third-order valence-corrected chi connectivity index (χ3v) is 5.43. The first-order chi connectivity index (χ1) is 17.5. The van der Waals surface area contributed by atoms with Crippen LogP contribution in [0.3, 0.4) is 0 Å². The van der Waals surface area contributed by atoms with Crippen molar-refractivity contribution >= 4 is 41.0 Å². The number of halogens is 1. The Kier molecular flexibility index (Phi) is 9.59. The van der Waals surface area contributed by atoms with E-state index in [0.29, 0.717) is 40.1 Å². The van der Waals surface area contributed by atoms with E-state index < -0.39 is 6.09 Å². The van der Waals surface area contributed by atoms with E-state index in [9.17, 15) is 4.79 Å². The van der Waals surface area contributed by atoms with Gasteiger partial charge in [0.05, 0.1) is 24.7 Å². The maximum Gasteiger partial charge on any atom is 0.413 e. The number of alkyl halides is 1. The zero-order valence-corrected chi connectivity index (χ0v) is 21.3. The number of methoxy groups -OCH3 is 1. The van der Waals surface area contributed by atoms with E-state index in [1.54, 1.807) is 26.3 Å². The molecule has 0 saturated carbocycles. The Hall–Kier alpha value is -4.17. The van der Waals surface area contributed by atoms with Crippen molar-refractivity contribution in [3.63, 3.8) is 0 Å². The minimum atomic E-state index is -0.482. The molecular formula is C27H27ClN4O4. The van der Waals surface area contributed by atoms with Crippen molar-refractivity contribution in [3.05, 3.63) is 89.5 Å². The molecule has 0 saturated heterocycles. The van der Waals surface area contributed by atoms with E-state index in [2.05, 4.69) is 15.4 Å². The first kappa shape index (κ1) is 26.4. The summed E-state index contributed by atoms with van der Waals surface area (Å²) < 4.78 is 10.7. The maximum atomic E-state index is 11.9. The molecule has 8 nitrogen and oxygen atoms in total. The average molecular weight is 507 g/mol. The zero-order chi connectivity index (χ0) is 25.9. The van der Waals surface area contributed by atoms with E-state index >= 15 is 0 Å². The van der Waals surface area contributed by atoms with Crippen molar-refractivity contribution in [2.75, 3.05) is 26.2 Å². The Balaban J connectivity index is 1.77. The summed E-state index contributed by atoms with van der Waals surface area (Å²) in [5.41, 5.74) is 4.21. The second kappa shape index (κ2) is 13.1. The van der Waals surface area contributed by atoms with Gasteiger partial charge >= 0.3 is 6.09 Å². The summed E-state index contributed by atoms with van der Waals surface area (Å²) in [4.78, 5) is 18.3. The first-order valence-electron chi connectivity index (χ1n) is 11.0. The fourth-order valence-electron chi connectivity index (χ4n) is 3.24. The minimum absolute atomic E-state index is 0.457. The number of amides is 1. The molecule has 0 spiro atoms. The standard InChI is InChI=1S/C27H27ClN4O4/c1-19(30-29-18-22-7-5-6-8-25(22)32(2)27(33)34-3)26(31-35-4)21-11-15-24(16-12-21)36-23-13-9-20(17-28)10-14-23/h5-16,18H,17H2,1-4H3. The van der Waals surface area contributed by atoms with Crippen LogP contribution in [0.4, 0.5) is 10.5 Å². The molecule has 0 aliphatic heterocycles. The van der Waals surface area contributed by atoms with Gasteiger partial charge in [-0.05, 0) is 55.0 Å². The molecule has 36 heavy (non-hydrogen) atoms. The first-order valence-corrected chi connectivity index (χ1v) is 11.5. The molecule has 1 amide bonds. The molecule has 0 atom stereocenters. The van der Waals surface area contributed by atoms with Crippen LogP contribution in [0.25, 0.3) is 0 Å². The lowest BCUT2D eigenvalue weighted by atomic mass is 10.1. The molecular weight excluding hydrogens is 480 g/mol. The normalized spacial score (nSPS) is 11.9. The number of anilines is 1. The van der Waals surface area contributed by atoms with Gasteiger partial charge in [-0.2, -0.15) is 10.2 Å². The second-order valence-electron chi connectivity index (χ2n) is 7.54. The van der Waals surface area contributed by atoms with Gasteiger partial charge in [0.2, 0.25) is 0 Å². The van der Waals surface area contributed by atoms with Crippen molar-refractivity contribution in [1.82, 2.24) is 0 Å². The molecule has 3 aromatic rings. The molecule has 186 valence electrons. The predicted molar refractivity (Wildman–Crippen MR) is 144 cm³/mol. The molecule has 0 N–H and O–H groups in total. The van der Waals surface area contributed by atoms with E-state index in [1.165, 1.54) is 19.1 Å². The average Bonchev–Trinajstić information content (AvgIpc) is 2.92. The molecule has 0 unspecified atom stereocenters. The number of carbonyl (C=O) groups excluding carboxylic acids is 1. The molecule has 3 aromatic carbocycles. The lowest BCUT2D eigenvalue weighted by Crippen LogP contribution is -2.26. The summed E-state index contributed by atoms with van der Waals surface area (Å²) in [7, 11) is 4.42. The summed E-state index contributed by atoms with van der Waals surface area (Å²) in [6.07, 6.45) is 1.08. The van der Waals surface area contributed by atoms with Gasteiger partial charge in [-0.25, -0.2) is 4.79 Å². The van der Waals surface area contributed by atoms with Crippen molar-refractivity contribution < 1.29 is 19.1 Å². The number of nitrogens with zero attached hydrogens (tertiary/aromatic N) is 4. The highest BCUT2D eigenvalue weighted by Gasteiger charge is 2.13. The quantitative estimate of drug-likeness (QED) is 0.194. The summed E-state index contributed by atoms with van der Waals surface area (Å²) in [6.45, 7) is 1.78. The van der Waals surface area contributed by atoms with Crippen LogP contribution in [-0.2, 0) is 15.5 Å². The van der Waals surface area contributed by atoms with Gasteiger partial charge in [0.25, 0.3) is 0 Å². The number of carbonyl (C=O) groups is 1. The van der Waals surface area contributed by atoms with Gasteiger partial charge < -0.3 is 14.3 Å².